The van der Waals surface area contributed by atoms with Crippen LogP contribution in [-0.4, -0.2) is 28.0 Å². The SMILES string of the molecule is Cc1ccc(/C=C(\C(=C/S(C)(=O)=O)S(=O)(=O)c2ccccc2)[N+](=O)[O-])cc1. The van der Waals surface area contributed by atoms with Crippen LogP contribution in [0.15, 0.2) is 75.5 Å². The van der Waals surface area contributed by atoms with Gasteiger partial charge in [0.25, 0.3) is 5.70 Å². The fourth-order valence-electron chi connectivity index (χ4n) is 2.22. The predicted molar refractivity (Wildman–Crippen MR) is 103 cm³/mol. The normalized spacial score (nSPS) is 13.4. The molecule has 0 aliphatic heterocycles. The van der Waals surface area contributed by atoms with Gasteiger partial charge in [0.15, 0.2) is 14.7 Å². The maximum absolute atomic E-state index is 12.9. The van der Waals surface area contributed by atoms with Gasteiger partial charge < -0.3 is 0 Å². The van der Waals surface area contributed by atoms with Crippen molar-refractivity contribution in [2.45, 2.75) is 11.8 Å². The summed E-state index contributed by atoms with van der Waals surface area (Å²) in [6.45, 7) is 1.83. The zero-order valence-corrected chi connectivity index (χ0v) is 16.2. The first-order valence-electron chi connectivity index (χ1n) is 7.66. The van der Waals surface area contributed by atoms with Crippen LogP contribution in [0.3, 0.4) is 0 Å². The maximum atomic E-state index is 12.9. The van der Waals surface area contributed by atoms with Gasteiger partial charge in [0, 0.05) is 12.3 Å². The molecule has 0 spiro atoms. The largest absolute Gasteiger partial charge is 0.289 e. The molecule has 7 nitrogen and oxygen atoms in total. The Morgan fingerprint density at radius 3 is 2.00 bits per heavy atom. The summed E-state index contributed by atoms with van der Waals surface area (Å²) < 4.78 is 49.4. The van der Waals surface area contributed by atoms with E-state index < -0.39 is 35.2 Å². The summed E-state index contributed by atoms with van der Waals surface area (Å²) in [5, 5.41) is 12.0. The summed E-state index contributed by atoms with van der Waals surface area (Å²) in [5.74, 6) is 0. The van der Waals surface area contributed by atoms with E-state index in [1.165, 1.54) is 24.3 Å². The molecule has 0 aliphatic carbocycles. The van der Waals surface area contributed by atoms with Crippen LogP contribution < -0.4 is 0 Å². The lowest BCUT2D eigenvalue weighted by Crippen LogP contribution is -2.14. The van der Waals surface area contributed by atoms with Crippen molar-refractivity contribution in [3.05, 3.63) is 91.8 Å². The molecule has 0 unspecified atom stereocenters. The van der Waals surface area contributed by atoms with Crippen LogP contribution in [0.5, 0.6) is 0 Å². The van der Waals surface area contributed by atoms with Crippen LogP contribution in [0.1, 0.15) is 11.1 Å². The van der Waals surface area contributed by atoms with E-state index in [1.54, 1.807) is 30.3 Å². The average molecular weight is 407 g/mol. The summed E-state index contributed by atoms with van der Waals surface area (Å²) in [4.78, 5) is 9.58. The van der Waals surface area contributed by atoms with Gasteiger partial charge >= 0.3 is 0 Å². The smallest absolute Gasteiger partial charge is 0.258 e. The zero-order chi connectivity index (χ0) is 20.2. The number of hydrogen-bond acceptors (Lipinski definition) is 6. The first-order chi connectivity index (χ1) is 12.5. The van der Waals surface area contributed by atoms with Crippen molar-refractivity contribution in [3.63, 3.8) is 0 Å². The van der Waals surface area contributed by atoms with Crippen molar-refractivity contribution in [1.29, 1.82) is 0 Å². The molecule has 0 heterocycles. The van der Waals surface area contributed by atoms with E-state index in [2.05, 4.69) is 0 Å². The lowest BCUT2D eigenvalue weighted by molar-refractivity contribution is -0.418. The summed E-state index contributed by atoms with van der Waals surface area (Å²) in [6.07, 6.45) is 1.81. The van der Waals surface area contributed by atoms with Gasteiger partial charge in [-0.1, -0.05) is 48.0 Å². The van der Waals surface area contributed by atoms with Crippen molar-refractivity contribution in [2.75, 3.05) is 6.26 Å². The standard InChI is InChI=1S/C18H17NO6S2/c1-14-8-10-15(11-9-14)12-17(19(20)21)18(13-26(2,22)23)27(24,25)16-6-4-3-5-7-16/h3-13H,1-2H3/b17-12+,18-13+. The van der Waals surface area contributed by atoms with Crippen molar-refractivity contribution in [1.82, 2.24) is 0 Å². The van der Waals surface area contributed by atoms with Crippen LogP contribution in [0, 0.1) is 17.0 Å². The number of rotatable bonds is 6. The summed E-state index contributed by atoms with van der Waals surface area (Å²) >= 11 is 0. The molecule has 9 heteroatoms. The minimum absolute atomic E-state index is 0.239. The van der Waals surface area contributed by atoms with Crippen molar-refractivity contribution in [3.8, 4) is 0 Å². The Labute approximate surface area is 157 Å². The molecular formula is C18H17NO6S2. The molecule has 0 fully saturated rings. The highest BCUT2D eigenvalue weighted by Crippen LogP contribution is 2.28. The Bertz CT molecular complexity index is 1110. The van der Waals surface area contributed by atoms with Crippen LogP contribution >= 0.6 is 0 Å². The molecule has 0 aliphatic rings. The molecule has 0 bridgehead atoms. The van der Waals surface area contributed by atoms with E-state index in [0.29, 0.717) is 11.0 Å². The molecule has 0 amide bonds. The fourth-order valence-corrected chi connectivity index (χ4v) is 4.94. The van der Waals surface area contributed by atoms with E-state index >= 15 is 0 Å². The highest BCUT2D eigenvalue weighted by atomic mass is 32.2. The number of nitrogens with zero attached hydrogens (tertiary/aromatic N) is 1. The lowest BCUT2D eigenvalue weighted by Gasteiger charge is -2.08. The van der Waals surface area contributed by atoms with E-state index in [4.69, 9.17) is 0 Å². The Morgan fingerprint density at radius 1 is 0.963 bits per heavy atom. The molecule has 0 saturated carbocycles. The summed E-state index contributed by atoms with van der Waals surface area (Å²) in [5.41, 5.74) is 0.460. The highest BCUT2D eigenvalue weighted by molar-refractivity contribution is 7.98. The molecule has 0 aromatic heterocycles. The second-order valence-corrected chi connectivity index (χ2v) is 9.64. The number of hydrogen-bond donors (Lipinski definition) is 0. The maximum Gasteiger partial charge on any atom is 0.289 e. The molecule has 27 heavy (non-hydrogen) atoms. The third-order valence-electron chi connectivity index (χ3n) is 3.49. The number of aryl methyl sites for hydroxylation is 1. The third-order valence-corrected chi connectivity index (χ3v) is 6.11. The van der Waals surface area contributed by atoms with Crippen LogP contribution in [0.2, 0.25) is 0 Å². The molecule has 2 rings (SSSR count). The summed E-state index contributed by atoms with van der Waals surface area (Å²) in [6, 6.07) is 13.5. The zero-order valence-electron chi connectivity index (χ0n) is 14.6. The number of sulfone groups is 2. The van der Waals surface area contributed by atoms with Gasteiger partial charge in [-0.25, -0.2) is 16.8 Å². The molecule has 0 atom stereocenters. The molecule has 2 aromatic rings. The number of benzene rings is 2. The predicted octanol–water partition coefficient (Wildman–Crippen LogP) is 2.97. The van der Waals surface area contributed by atoms with Crippen LogP contribution in [-0.2, 0) is 19.7 Å². The lowest BCUT2D eigenvalue weighted by atomic mass is 10.1. The minimum Gasteiger partial charge on any atom is -0.258 e. The first-order valence-corrected chi connectivity index (χ1v) is 11.1. The quantitative estimate of drug-likeness (QED) is 0.413. The molecule has 0 saturated heterocycles. The van der Waals surface area contributed by atoms with E-state index in [0.717, 1.165) is 17.9 Å². The Kier molecular flexibility index (Phi) is 5.97. The molecule has 142 valence electrons. The first kappa shape index (κ1) is 20.5. The Morgan fingerprint density at radius 2 is 1.52 bits per heavy atom. The Hall–Kier alpha value is -2.78. The Balaban J connectivity index is 2.77. The average Bonchev–Trinajstić information content (AvgIpc) is 2.59. The van der Waals surface area contributed by atoms with Crippen molar-refractivity contribution in [2.24, 2.45) is 0 Å². The van der Waals surface area contributed by atoms with Gasteiger partial charge in [0.2, 0.25) is 9.84 Å². The highest BCUT2D eigenvalue weighted by Gasteiger charge is 2.33. The van der Waals surface area contributed by atoms with Gasteiger partial charge in [-0.3, -0.25) is 10.1 Å². The molecule has 0 N–H and O–H groups in total. The van der Waals surface area contributed by atoms with Gasteiger partial charge in [-0.15, -0.1) is 0 Å². The number of nitro groups is 1. The van der Waals surface area contributed by atoms with Gasteiger partial charge in [-0.05, 0) is 24.6 Å². The monoisotopic (exact) mass is 407 g/mol. The van der Waals surface area contributed by atoms with Gasteiger partial charge in [0.05, 0.1) is 15.2 Å². The van der Waals surface area contributed by atoms with Crippen LogP contribution in [0.25, 0.3) is 6.08 Å². The topological polar surface area (TPSA) is 111 Å². The van der Waals surface area contributed by atoms with Crippen LogP contribution in [0.4, 0.5) is 0 Å². The van der Waals surface area contributed by atoms with E-state index in [9.17, 15) is 26.9 Å². The molecular weight excluding hydrogens is 390 g/mol. The molecule has 2 aromatic carbocycles. The van der Waals surface area contributed by atoms with Crippen molar-refractivity contribution >= 4 is 25.8 Å². The van der Waals surface area contributed by atoms with Gasteiger partial charge in [-0.2, -0.15) is 0 Å². The second kappa shape index (κ2) is 7.85. The molecule has 0 radical (unpaired) electrons. The third kappa shape index (κ3) is 5.35. The van der Waals surface area contributed by atoms with Crippen molar-refractivity contribution < 1.29 is 21.8 Å². The minimum atomic E-state index is -4.43. The van der Waals surface area contributed by atoms with E-state index in [-0.39, 0.29) is 4.90 Å². The summed E-state index contributed by atoms with van der Waals surface area (Å²) in [7, 11) is -8.41. The fraction of sp³-hybridized carbons (Fsp3) is 0.111. The second-order valence-electron chi connectivity index (χ2n) is 5.83. The van der Waals surface area contributed by atoms with Gasteiger partial charge in [0.1, 0.15) is 0 Å². The van der Waals surface area contributed by atoms with E-state index in [1.807, 2.05) is 6.92 Å².